The molecule has 0 radical (unpaired) electrons. The highest BCUT2D eigenvalue weighted by molar-refractivity contribution is 6.35. The van der Waals surface area contributed by atoms with Crippen LogP contribution in [-0.4, -0.2) is 62.1 Å². The summed E-state index contributed by atoms with van der Waals surface area (Å²) in [5, 5.41) is 4.99. The van der Waals surface area contributed by atoms with E-state index in [4.69, 9.17) is 14.3 Å². The molecule has 0 saturated carbocycles. The molecule has 0 aromatic rings. The first-order valence-electron chi connectivity index (χ1n) is 6.93. The highest BCUT2D eigenvalue weighted by Gasteiger charge is 2.35. The third-order valence-electron chi connectivity index (χ3n) is 3.12. The molecule has 3 fully saturated rings. The minimum Gasteiger partial charge on any atom is -0.281 e. The molecule has 3 aliphatic rings. The monoisotopic (exact) mass is 272 g/mol. The van der Waals surface area contributed by atoms with Crippen LogP contribution < -0.4 is 16.3 Å². The van der Waals surface area contributed by atoms with Crippen LogP contribution in [0.25, 0.3) is 0 Å². The first-order valence-corrected chi connectivity index (χ1v) is 6.93. The van der Waals surface area contributed by atoms with E-state index in [9.17, 15) is 0 Å². The van der Waals surface area contributed by atoms with Gasteiger partial charge in [0.1, 0.15) is 0 Å². The molecule has 3 rings (SSSR count). The van der Waals surface area contributed by atoms with Gasteiger partial charge < -0.3 is 0 Å². The Hall–Kier alpha value is -0.295. The van der Waals surface area contributed by atoms with Gasteiger partial charge in [-0.15, -0.1) is 15.5 Å². The van der Waals surface area contributed by atoms with Crippen LogP contribution in [0.2, 0.25) is 0 Å². The zero-order chi connectivity index (χ0) is 12.9. The van der Waals surface area contributed by atoms with Crippen LogP contribution in [0, 0.1) is 0 Å². The van der Waals surface area contributed by atoms with E-state index < -0.39 is 7.32 Å². The molecule has 3 heterocycles. The van der Waals surface area contributed by atoms with Crippen molar-refractivity contribution in [2.75, 3.05) is 39.3 Å². The van der Waals surface area contributed by atoms with E-state index in [2.05, 4.69) is 16.3 Å². The fourth-order valence-corrected chi connectivity index (χ4v) is 2.16. The van der Waals surface area contributed by atoms with E-state index in [0.717, 1.165) is 58.5 Å². The smallest absolute Gasteiger partial charge is 0.281 e. The van der Waals surface area contributed by atoms with Crippen molar-refractivity contribution in [2.24, 2.45) is 0 Å². The molecule has 0 aromatic heterocycles. The summed E-state index contributed by atoms with van der Waals surface area (Å²) in [7, 11) is -0.804. The van der Waals surface area contributed by atoms with Crippen molar-refractivity contribution in [3.63, 3.8) is 0 Å². The molecule has 0 unspecified atom stereocenters. The third kappa shape index (κ3) is 4.08. The zero-order valence-corrected chi connectivity index (χ0v) is 11.0. The fourth-order valence-electron chi connectivity index (χ4n) is 2.16. The van der Waals surface area contributed by atoms with Crippen LogP contribution >= 0.6 is 0 Å². The lowest BCUT2D eigenvalue weighted by Gasteiger charge is -2.26. The topological polar surface area (TPSA) is 73.5 Å². The van der Waals surface area contributed by atoms with Gasteiger partial charge in [-0.2, -0.15) is 0 Å². The summed E-state index contributed by atoms with van der Waals surface area (Å²) >= 11 is 0. The summed E-state index contributed by atoms with van der Waals surface area (Å²) in [6, 6.07) is 0. The lowest BCUT2D eigenvalue weighted by Crippen LogP contribution is -2.49. The second-order valence-electron chi connectivity index (χ2n) is 4.70. The molecular formula is C9H21BN6O3. The molecule has 0 spiro atoms. The summed E-state index contributed by atoms with van der Waals surface area (Å²) in [5.41, 5.74) is 9.33. The molecule has 0 aliphatic carbocycles. The van der Waals surface area contributed by atoms with Crippen LogP contribution in [0.1, 0.15) is 19.3 Å². The van der Waals surface area contributed by atoms with E-state index in [-0.39, 0.29) is 0 Å². The van der Waals surface area contributed by atoms with Gasteiger partial charge in [0.2, 0.25) is 0 Å². The van der Waals surface area contributed by atoms with Crippen molar-refractivity contribution in [1.82, 2.24) is 31.8 Å². The highest BCUT2D eigenvalue weighted by atomic mass is 16.9. The maximum atomic E-state index is 5.65. The van der Waals surface area contributed by atoms with Crippen LogP contribution in [0.15, 0.2) is 0 Å². The van der Waals surface area contributed by atoms with Crippen LogP contribution in [0.3, 0.4) is 0 Å². The van der Waals surface area contributed by atoms with Crippen LogP contribution in [0.5, 0.6) is 0 Å². The van der Waals surface area contributed by atoms with Crippen molar-refractivity contribution < 1.29 is 14.3 Å². The Balaban J connectivity index is 1.49. The molecule has 0 amide bonds. The predicted octanol–water partition coefficient (Wildman–Crippen LogP) is -1.60. The molecule has 19 heavy (non-hydrogen) atoms. The number of hydrogen-bond donors (Lipinski definition) is 3. The van der Waals surface area contributed by atoms with Crippen molar-refractivity contribution in [3.8, 4) is 0 Å². The molecule has 0 aromatic carbocycles. The number of nitrogens with zero attached hydrogens (tertiary/aromatic N) is 3. The Morgan fingerprint density at radius 3 is 1.26 bits per heavy atom. The molecule has 3 saturated heterocycles. The van der Waals surface area contributed by atoms with Crippen LogP contribution in [0.4, 0.5) is 0 Å². The average Bonchev–Trinajstić information content (AvgIpc) is 3.10. The number of hydrogen-bond acceptors (Lipinski definition) is 9. The fraction of sp³-hybridized carbons (Fsp3) is 1.00. The van der Waals surface area contributed by atoms with Gasteiger partial charge in [0.15, 0.2) is 0 Å². The van der Waals surface area contributed by atoms with Gasteiger partial charge >= 0.3 is 7.32 Å². The molecule has 3 N–H and O–H groups in total. The van der Waals surface area contributed by atoms with Crippen LogP contribution in [-0.2, 0) is 14.3 Å². The number of nitrogens with one attached hydrogen (secondary N) is 3. The Bertz CT molecular complexity index is 228. The Morgan fingerprint density at radius 2 is 1.00 bits per heavy atom. The van der Waals surface area contributed by atoms with E-state index >= 15 is 0 Å². The summed E-state index contributed by atoms with van der Waals surface area (Å²) in [5.74, 6) is 0. The average molecular weight is 272 g/mol. The summed E-state index contributed by atoms with van der Waals surface area (Å²) in [4.78, 5) is 0. The lowest BCUT2D eigenvalue weighted by molar-refractivity contribution is -0.227. The van der Waals surface area contributed by atoms with E-state index in [1.807, 2.05) is 0 Å². The van der Waals surface area contributed by atoms with Gasteiger partial charge in [0.25, 0.3) is 0 Å². The van der Waals surface area contributed by atoms with Crippen molar-refractivity contribution in [3.05, 3.63) is 0 Å². The van der Waals surface area contributed by atoms with Crippen molar-refractivity contribution in [1.29, 1.82) is 0 Å². The predicted molar refractivity (Wildman–Crippen MR) is 67.0 cm³/mol. The summed E-state index contributed by atoms with van der Waals surface area (Å²) in [6.07, 6.45) is 3.16. The molecule has 10 heteroatoms. The van der Waals surface area contributed by atoms with Gasteiger partial charge in [0, 0.05) is 39.3 Å². The second-order valence-corrected chi connectivity index (χ2v) is 4.70. The van der Waals surface area contributed by atoms with Gasteiger partial charge in [-0.25, -0.2) is 16.3 Å². The molecule has 3 aliphatic heterocycles. The standard InChI is InChI=1S/C9H21BN6O3/c1-4-11-14(7-1)17-10(18-15-8-2-5-12-15)19-16-9-3-6-13-16/h11-13H,1-9H2. The Labute approximate surface area is 113 Å². The molecule has 0 bridgehead atoms. The number of hydroxylamine groups is 3. The number of hydrazine groups is 3. The first kappa shape index (κ1) is 13.7. The van der Waals surface area contributed by atoms with Gasteiger partial charge in [-0.3, -0.25) is 14.3 Å². The maximum absolute atomic E-state index is 5.65. The van der Waals surface area contributed by atoms with E-state index in [0.29, 0.717) is 0 Å². The Kier molecular flexibility index (Phi) is 4.99. The van der Waals surface area contributed by atoms with Gasteiger partial charge in [-0.1, -0.05) is 0 Å². The van der Waals surface area contributed by atoms with Gasteiger partial charge in [0.05, 0.1) is 0 Å². The highest BCUT2D eigenvalue weighted by Crippen LogP contribution is 2.08. The minimum absolute atomic E-state index is 0.804. The third-order valence-corrected chi connectivity index (χ3v) is 3.12. The molecule has 108 valence electrons. The number of rotatable bonds is 6. The minimum atomic E-state index is -0.804. The van der Waals surface area contributed by atoms with E-state index in [1.165, 1.54) is 0 Å². The van der Waals surface area contributed by atoms with E-state index in [1.54, 1.807) is 15.5 Å². The normalized spacial score (nSPS) is 26.5. The molecule has 9 nitrogen and oxygen atoms in total. The summed E-state index contributed by atoms with van der Waals surface area (Å²) < 4.78 is 16.9. The maximum Gasteiger partial charge on any atom is 0.695 e. The van der Waals surface area contributed by atoms with Crippen molar-refractivity contribution in [2.45, 2.75) is 19.3 Å². The van der Waals surface area contributed by atoms with Crippen molar-refractivity contribution >= 4 is 7.32 Å². The van der Waals surface area contributed by atoms with Gasteiger partial charge in [-0.05, 0) is 19.3 Å². The lowest BCUT2D eigenvalue weighted by atomic mass is 10.3. The second kappa shape index (κ2) is 6.93. The summed E-state index contributed by atoms with van der Waals surface area (Å²) in [6.45, 7) is 5.21. The Morgan fingerprint density at radius 1 is 0.632 bits per heavy atom. The quantitative estimate of drug-likeness (QED) is 0.495. The SMILES string of the molecule is C1CNN(OB(ON2CCCN2)ON2CCCN2)C1. The first-order chi connectivity index (χ1) is 9.40. The molecular weight excluding hydrogens is 251 g/mol. The largest absolute Gasteiger partial charge is 0.695 e. The molecule has 0 atom stereocenters. The zero-order valence-electron chi connectivity index (χ0n) is 11.0.